The number of nitrogens with one attached hydrogen (secondary N) is 1. The molecule has 9 heteroatoms. The van der Waals surface area contributed by atoms with Gasteiger partial charge in [-0.15, -0.1) is 0 Å². The summed E-state index contributed by atoms with van der Waals surface area (Å²) in [5.74, 6) is -0.116. The van der Waals surface area contributed by atoms with Crippen LogP contribution >= 0.6 is 11.6 Å². The van der Waals surface area contributed by atoms with Crippen molar-refractivity contribution in [3.05, 3.63) is 76.6 Å². The number of aliphatic hydroxyl groups is 1. The van der Waals surface area contributed by atoms with Gasteiger partial charge in [0.15, 0.2) is 0 Å². The predicted molar refractivity (Wildman–Crippen MR) is 120 cm³/mol. The molecule has 1 unspecified atom stereocenters. The first kappa shape index (κ1) is 21.9. The number of aromatic amines is 1. The van der Waals surface area contributed by atoms with Crippen LogP contribution in [0.2, 0.25) is 5.02 Å². The van der Waals surface area contributed by atoms with Crippen LogP contribution in [0.4, 0.5) is 5.69 Å². The largest absolute Gasteiger partial charge is 0.491 e. The van der Waals surface area contributed by atoms with Gasteiger partial charge in [0.2, 0.25) is 5.91 Å². The molecule has 32 heavy (non-hydrogen) atoms. The monoisotopic (exact) mass is 454 g/mol. The molecule has 2 N–H and O–H groups in total. The third-order valence-electron chi connectivity index (χ3n) is 5.43. The van der Waals surface area contributed by atoms with Crippen LogP contribution in [0.1, 0.15) is 34.6 Å². The van der Waals surface area contributed by atoms with Crippen molar-refractivity contribution in [2.24, 2.45) is 0 Å². The van der Waals surface area contributed by atoms with Gasteiger partial charge in [0.25, 0.3) is 5.91 Å². The Morgan fingerprint density at radius 2 is 2.06 bits per heavy atom. The molecule has 0 radical (unpaired) electrons. The fourth-order valence-electron chi connectivity index (χ4n) is 3.76. The minimum absolute atomic E-state index is 0.121. The fourth-order valence-corrected chi connectivity index (χ4v) is 4.01. The van der Waals surface area contributed by atoms with Crippen LogP contribution in [0.15, 0.2) is 54.7 Å². The Hall–Kier alpha value is -3.36. The summed E-state index contributed by atoms with van der Waals surface area (Å²) in [5, 5.41) is 16.1. The molecule has 2 amide bonds. The molecule has 166 valence electrons. The number of aromatic nitrogens is 2. The highest BCUT2D eigenvalue weighted by molar-refractivity contribution is 6.34. The molecule has 2 aromatic carbocycles. The average Bonchev–Trinajstić information content (AvgIpc) is 3.29. The molecule has 0 spiro atoms. The highest BCUT2D eigenvalue weighted by Crippen LogP contribution is 2.32. The second-order valence-corrected chi connectivity index (χ2v) is 7.84. The van der Waals surface area contributed by atoms with Crippen LogP contribution in [0.5, 0.6) is 5.75 Å². The van der Waals surface area contributed by atoms with Gasteiger partial charge < -0.3 is 14.7 Å². The lowest BCUT2D eigenvalue weighted by atomic mass is 10.1. The zero-order valence-corrected chi connectivity index (χ0v) is 18.2. The van der Waals surface area contributed by atoms with Gasteiger partial charge in [-0.2, -0.15) is 5.10 Å². The number of carbonyl (C=O) groups excluding carboxylic acids is 2. The summed E-state index contributed by atoms with van der Waals surface area (Å²) < 4.78 is 5.36. The van der Waals surface area contributed by atoms with Gasteiger partial charge in [0.1, 0.15) is 18.9 Å². The van der Waals surface area contributed by atoms with Crippen LogP contribution in [0.25, 0.3) is 0 Å². The molecule has 1 aromatic heterocycles. The van der Waals surface area contributed by atoms with E-state index in [0.29, 0.717) is 18.0 Å². The Labute approximate surface area is 190 Å². The first-order valence-electron chi connectivity index (χ1n) is 10.2. The number of benzene rings is 2. The molecular weight excluding hydrogens is 432 g/mol. The van der Waals surface area contributed by atoms with E-state index in [2.05, 4.69) is 10.2 Å². The maximum absolute atomic E-state index is 13.5. The molecule has 0 saturated carbocycles. The van der Waals surface area contributed by atoms with Gasteiger partial charge in [-0.3, -0.25) is 19.6 Å². The van der Waals surface area contributed by atoms with Crippen molar-refractivity contribution in [3.63, 3.8) is 0 Å². The number of ether oxygens (including phenoxy) is 1. The number of fused-ring (bicyclic) bond motifs is 1. The summed E-state index contributed by atoms with van der Waals surface area (Å²) in [5.41, 5.74) is 2.53. The van der Waals surface area contributed by atoms with E-state index in [4.69, 9.17) is 21.4 Å². The topological polar surface area (TPSA) is 98.8 Å². The number of anilines is 1. The van der Waals surface area contributed by atoms with Gasteiger partial charge in [-0.05, 0) is 42.8 Å². The fraction of sp³-hybridized carbons (Fsp3) is 0.261. The second-order valence-electron chi connectivity index (χ2n) is 7.43. The van der Waals surface area contributed by atoms with E-state index in [9.17, 15) is 9.59 Å². The molecule has 1 aliphatic heterocycles. The van der Waals surface area contributed by atoms with Gasteiger partial charge in [-0.1, -0.05) is 29.8 Å². The average molecular weight is 455 g/mol. The number of aliphatic hydroxyl groups excluding tert-OH is 1. The minimum Gasteiger partial charge on any atom is -0.491 e. The van der Waals surface area contributed by atoms with Crippen LogP contribution in [-0.2, 0) is 11.3 Å². The van der Waals surface area contributed by atoms with Crippen molar-refractivity contribution < 1.29 is 19.4 Å². The molecular formula is C23H23ClN4O4. The molecule has 0 saturated heterocycles. The quantitative estimate of drug-likeness (QED) is 0.596. The zero-order valence-electron chi connectivity index (χ0n) is 17.5. The number of rotatable bonds is 6. The standard InChI is InChI=1S/C23H23ClN4O4/c1-15(20-8-9-25-26-20)27-13-16-4-2-3-5-21(16)28(14-22(27)30)23(31)18-7-6-17(12-19(18)24)32-11-10-29/h2-9,12,15,29H,10-11,13-14H2,1H3,(H,25,26). The molecule has 8 nitrogen and oxygen atoms in total. The summed E-state index contributed by atoms with van der Waals surface area (Å²) in [7, 11) is 0. The summed E-state index contributed by atoms with van der Waals surface area (Å²) in [4.78, 5) is 29.9. The molecule has 0 bridgehead atoms. The predicted octanol–water partition coefficient (Wildman–Crippen LogP) is 3.18. The lowest BCUT2D eigenvalue weighted by Crippen LogP contribution is -2.41. The first-order valence-corrected chi connectivity index (χ1v) is 10.6. The number of hydrogen-bond donors (Lipinski definition) is 2. The number of halogens is 1. The van der Waals surface area contributed by atoms with E-state index in [1.54, 1.807) is 23.2 Å². The molecule has 4 rings (SSSR count). The molecule has 3 aromatic rings. The lowest BCUT2D eigenvalue weighted by molar-refractivity contribution is -0.132. The Kier molecular flexibility index (Phi) is 6.43. The van der Waals surface area contributed by atoms with Crippen LogP contribution in [-0.4, -0.2) is 51.8 Å². The number of amides is 2. The summed E-state index contributed by atoms with van der Waals surface area (Å²) in [6.45, 7) is 2.15. The van der Waals surface area contributed by atoms with Crippen molar-refractivity contribution in [1.29, 1.82) is 0 Å². The van der Waals surface area contributed by atoms with Crippen molar-refractivity contribution in [1.82, 2.24) is 15.1 Å². The Balaban J connectivity index is 1.66. The molecule has 1 atom stereocenters. The summed E-state index contributed by atoms with van der Waals surface area (Å²) in [6.07, 6.45) is 1.72. The van der Waals surface area contributed by atoms with Crippen molar-refractivity contribution >= 4 is 29.1 Å². The highest BCUT2D eigenvalue weighted by Gasteiger charge is 2.33. The van der Waals surface area contributed by atoms with Gasteiger partial charge >= 0.3 is 0 Å². The van der Waals surface area contributed by atoms with E-state index < -0.39 is 0 Å². The van der Waals surface area contributed by atoms with E-state index >= 15 is 0 Å². The summed E-state index contributed by atoms with van der Waals surface area (Å²) >= 11 is 6.38. The minimum atomic E-state index is -0.376. The van der Waals surface area contributed by atoms with E-state index in [1.165, 1.54) is 11.0 Å². The second kappa shape index (κ2) is 9.42. The molecule has 0 aliphatic carbocycles. The Morgan fingerprint density at radius 3 is 2.78 bits per heavy atom. The zero-order chi connectivity index (χ0) is 22.7. The number of nitrogens with zero attached hydrogens (tertiary/aromatic N) is 3. The van der Waals surface area contributed by atoms with Crippen LogP contribution < -0.4 is 9.64 Å². The number of carbonyl (C=O) groups is 2. The van der Waals surface area contributed by atoms with E-state index in [1.807, 2.05) is 37.3 Å². The Bertz CT molecular complexity index is 1120. The van der Waals surface area contributed by atoms with Crippen molar-refractivity contribution in [3.8, 4) is 5.75 Å². The molecule has 0 fully saturated rings. The van der Waals surface area contributed by atoms with E-state index in [0.717, 1.165) is 11.3 Å². The SMILES string of the molecule is CC(c1cc[nH]n1)N1Cc2ccccc2N(C(=O)c2ccc(OCCO)cc2Cl)CC1=O. The summed E-state index contributed by atoms with van der Waals surface area (Å²) in [6, 6.07) is 13.7. The molecule has 2 heterocycles. The van der Waals surface area contributed by atoms with Gasteiger partial charge in [0.05, 0.1) is 28.9 Å². The van der Waals surface area contributed by atoms with Crippen molar-refractivity contribution in [2.75, 3.05) is 24.7 Å². The number of hydrogen-bond acceptors (Lipinski definition) is 5. The van der Waals surface area contributed by atoms with Crippen LogP contribution in [0.3, 0.4) is 0 Å². The van der Waals surface area contributed by atoms with Gasteiger partial charge in [0, 0.05) is 18.4 Å². The highest BCUT2D eigenvalue weighted by atomic mass is 35.5. The maximum atomic E-state index is 13.5. The third kappa shape index (κ3) is 4.32. The smallest absolute Gasteiger partial charge is 0.260 e. The lowest BCUT2D eigenvalue weighted by Gasteiger charge is -2.27. The first-order chi connectivity index (χ1) is 15.5. The normalized spacial score (nSPS) is 14.7. The van der Waals surface area contributed by atoms with Crippen molar-refractivity contribution in [2.45, 2.75) is 19.5 Å². The van der Waals surface area contributed by atoms with Gasteiger partial charge in [-0.25, -0.2) is 0 Å². The van der Waals surface area contributed by atoms with Crippen LogP contribution in [0, 0.1) is 0 Å². The maximum Gasteiger partial charge on any atom is 0.260 e. The number of para-hydroxylation sites is 1. The Morgan fingerprint density at radius 1 is 1.25 bits per heavy atom. The number of H-pyrrole nitrogens is 1. The van der Waals surface area contributed by atoms with E-state index in [-0.39, 0.29) is 48.2 Å². The third-order valence-corrected chi connectivity index (χ3v) is 5.74. The molecule has 1 aliphatic rings.